The van der Waals surface area contributed by atoms with Gasteiger partial charge in [-0.2, -0.15) is 0 Å². The van der Waals surface area contributed by atoms with Crippen molar-refractivity contribution in [1.82, 2.24) is 14.7 Å². The Bertz CT molecular complexity index is 633. The van der Waals surface area contributed by atoms with Gasteiger partial charge in [0.15, 0.2) is 0 Å². The molecule has 7 nitrogen and oxygen atoms in total. The van der Waals surface area contributed by atoms with Gasteiger partial charge in [0, 0.05) is 32.7 Å². The molecule has 0 aliphatic carbocycles. The van der Waals surface area contributed by atoms with Gasteiger partial charge in [-0.05, 0) is 37.1 Å². The minimum atomic E-state index is -0.00532. The van der Waals surface area contributed by atoms with Gasteiger partial charge in [-0.25, -0.2) is 4.79 Å². The molecule has 0 radical (unpaired) electrons. The highest BCUT2D eigenvalue weighted by molar-refractivity contribution is 5.75. The van der Waals surface area contributed by atoms with E-state index < -0.39 is 0 Å². The number of fused-ring (bicyclic) bond motifs is 1. The van der Waals surface area contributed by atoms with Crippen LogP contribution in [0.3, 0.4) is 0 Å². The lowest BCUT2D eigenvalue weighted by atomic mass is 10.0. The average Bonchev–Trinajstić information content (AvgIpc) is 3.26. The number of hydrogen-bond donors (Lipinski definition) is 0. The summed E-state index contributed by atoms with van der Waals surface area (Å²) in [4.78, 5) is 19.5. The molecule has 3 heterocycles. The first-order valence-corrected chi connectivity index (χ1v) is 9.90. The number of benzene rings is 1. The summed E-state index contributed by atoms with van der Waals surface area (Å²) in [5.74, 6) is 1.59. The number of piperazine rings is 1. The van der Waals surface area contributed by atoms with Crippen molar-refractivity contribution < 1.29 is 19.0 Å². The SMILES string of the molecule is COc1ccc(OCC2C3COCCN3CCN2C(=O)N2CCCC2)cc1. The fraction of sp³-hybridized carbons (Fsp3) is 0.650. The van der Waals surface area contributed by atoms with Gasteiger partial charge in [-0.3, -0.25) is 4.90 Å². The Morgan fingerprint density at radius 3 is 2.56 bits per heavy atom. The summed E-state index contributed by atoms with van der Waals surface area (Å²) < 4.78 is 17.0. The quantitative estimate of drug-likeness (QED) is 0.801. The molecule has 2 atom stereocenters. The largest absolute Gasteiger partial charge is 0.497 e. The number of morpholine rings is 1. The van der Waals surface area contributed by atoms with Gasteiger partial charge < -0.3 is 24.0 Å². The van der Waals surface area contributed by atoms with Crippen LogP contribution in [0.4, 0.5) is 4.79 Å². The number of methoxy groups -OCH3 is 1. The number of carbonyl (C=O) groups excluding carboxylic acids is 1. The third kappa shape index (κ3) is 3.99. The van der Waals surface area contributed by atoms with Gasteiger partial charge in [-0.1, -0.05) is 0 Å². The molecule has 7 heteroatoms. The van der Waals surface area contributed by atoms with Crippen molar-refractivity contribution in [3.8, 4) is 11.5 Å². The van der Waals surface area contributed by atoms with Crippen molar-refractivity contribution in [3.05, 3.63) is 24.3 Å². The van der Waals surface area contributed by atoms with E-state index in [4.69, 9.17) is 14.2 Å². The smallest absolute Gasteiger partial charge is 0.320 e. The molecule has 0 N–H and O–H groups in total. The van der Waals surface area contributed by atoms with Gasteiger partial charge in [-0.15, -0.1) is 0 Å². The first-order valence-electron chi connectivity index (χ1n) is 9.90. The number of amides is 2. The van der Waals surface area contributed by atoms with E-state index >= 15 is 0 Å². The number of likely N-dealkylation sites (tertiary alicyclic amines) is 1. The van der Waals surface area contributed by atoms with Gasteiger partial charge in [0.25, 0.3) is 0 Å². The lowest BCUT2D eigenvalue weighted by Gasteiger charge is -2.49. The van der Waals surface area contributed by atoms with Crippen molar-refractivity contribution in [2.24, 2.45) is 0 Å². The van der Waals surface area contributed by atoms with Crippen LogP contribution in [0.25, 0.3) is 0 Å². The second kappa shape index (κ2) is 8.35. The van der Waals surface area contributed by atoms with E-state index in [1.807, 2.05) is 34.1 Å². The van der Waals surface area contributed by atoms with E-state index in [2.05, 4.69) is 4.90 Å². The highest BCUT2D eigenvalue weighted by Gasteiger charge is 2.42. The maximum atomic E-state index is 13.1. The van der Waals surface area contributed by atoms with Crippen molar-refractivity contribution in [1.29, 1.82) is 0 Å². The van der Waals surface area contributed by atoms with Crippen LogP contribution >= 0.6 is 0 Å². The van der Waals surface area contributed by atoms with Crippen molar-refractivity contribution in [3.63, 3.8) is 0 Å². The van der Waals surface area contributed by atoms with Crippen LogP contribution in [0.15, 0.2) is 24.3 Å². The standard InChI is InChI=1S/C20H29N3O4/c1-25-16-4-6-17(7-5-16)27-15-19-18-14-26-13-12-21(18)10-11-23(19)20(24)22-8-2-3-9-22/h4-7,18-19H,2-3,8-15H2,1H3. The molecular formula is C20H29N3O4. The molecule has 3 fully saturated rings. The van der Waals surface area contributed by atoms with E-state index in [0.717, 1.165) is 63.7 Å². The van der Waals surface area contributed by atoms with Crippen LogP contribution in [0.1, 0.15) is 12.8 Å². The van der Waals surface area contributed by atoms with Gasteiger partial charge >= 0.3 is 6.03 Å². The van der Waals surface area contributed by atoms with Crippen LogP contribution in [0, 0.1) is 0 Å². The van der Waals surface area contributed by atoms with Crippen LogP contribution in [-0.2, 0) is 4.74 Å². The van der Waals surface area contributed by atoms with Crippen LogP contribution < -0.4 is 9.47 Å². The summed E-state index contributed by atoms with van der Waals surface area (Å²) in [6.45, 7) is 6.21. The summed E-state index contributed by atoms with van der Waals surface area (Å²) in [6.07, 6.45) is 2.20. The van der Waals surface area contributed by atoms with Crippen LogP contribution in [0.2, 0.25) is 0 Å². The Balaban J connectivity index is 1.48. The zero-order chi connectivity index (χ0) is 18.6. The summed E-state index contributed by atoms with van der Waals surface area (Å²) in [5.41, 5.74) is 0. The molecule has 3 saturated heterocycles. The minimum Gasteiger partial charge on any atom is -0.497 e. The maximum Gasteiger partial charge on any atom is 0.320 e. The number of urea groups is 1. The predicted octanol–water partition coefficient (Wildman–Crippen LogP) is 1.67. The van der Waals surface area contributed by atoms with Crippen molar-refractivity contribution in [2.75, 3.05) is 59.7 Å². The van der Waals surface area contributed by atoms with E-state index in [-0.39, 0.29) is 18.1 Å². The average molecular weight is 375 g/mol. The van der Waals surface area contributed by atoms with E-state index in [0.29, 0.717) is 13.2 Å². The molecule has 27 heavy (non-hydrogen) atoms. The molecular weight excluding hydrogens is 346 g/mol. The van der Waals surface area contributed by atoms with E-state index in [9.17, 15) is 4.79 Å². The van der Waals surface area contributed by atoms with Crippen molar-refractivity contribution >= 4 is 6.03 Å². The summed E-state index contributed by atoms with van der Waals surface area (Å²) in [7, 11) is 1.65. The molecule has 1 aromatic carbocycles. The predicted molar refractivity (Wildman–Crippen MR) is 101 cm³/mol. The zero-order valence-electron chi connectivity index (χ0n) is 16.0. The molecule has 148 valence electrons. The third-order valence-electron chi connectivity index (χ3n) is 5.86. The summed E-state index contributed by atoms with van der Waals surface area (Å²) in [5, 5.41) is 0. The molecule has 2 amide bonds. The van der Waals surface area contributed by atoms with E-state index in [1.165, 1.54) is 0 Å². The first-order chi connectivity index (χ1) is 13.3. The number of carbonyl (C=O) groups is 1. The second-order valence-corrected chi connectivity index (χ2v) is 7.40. The molecule has 3 aliphatic rings. The van der Waals surface area contributed by atoms with Crippen LogP contribution in [-0.4, -0.2) is 92.5 Å². The Kier molecular flexibility index (Phi) is 5.69. The normalized spacial score (nSPS) is 26.0. The van der Waals surface area contributed by atoms with Crippen LogP contribution in [0.5, 0.6) is 11.5 Å². The molecule has 0 spiro atoms. The van der Waals surface area contributed by atoms with Gasteiger partial charge in [0.2, 0.25) is 0 Å². The molecule has 3 aliphatic heterocycles. The highest BCUT2D eigenvalue weighted by Crippen LogP contribution is 2.25. The number of ether oxygens (including phenoxy) is 3. The van der Waals surface area contributed by atoms with E-state index in [1.54, 1.807) is 7.11 Å². The fourth-order valence-electron chi connectivity index (χ4n) is 4.28. The lowest BCUT2D eigenvalue weighted by Crippen LogP contribution is -2.67. The Labute approximate surface area is 160 Å². The van der Waals surface area contributed by atoms with Gasteiger partial charge in [0.05, 0.1) is 32.4 Å². The first kappa shape index (κ1) is 18.4. The number of rotatable bonds is 4. The molecule has 0 saturated carbocycles. The second-order valence-electron chi connectivity index (χ2n) is 7.40. The molecule has 0 aromatic heterocycles. The molecule has 4 rings (SSSR count). The zero-order valence-corrected chi connectivity index (χ0v) is 16.0. The Morgan fingerprint density at radius 2 is 1.81 bits per heavy atom. The van der Waals surface area contributed by atoms with Crippen molar-refractivity contribution in [2.45, 2.75) is 24.9 Å². The monoisotopic (exact) mass is 375 g/mol. The molecule has 1 aromatic rings. The topological polar surface area (TPSA) is 54.5 Å². The number of nitrogens with zero attached hydrogens (tertiary/aromatic N) is 3. The third-order valence-corrected chi connectivity index (χ3v) is 5.86. The fourth-order valence-corrected chi connectivity index (χ4v) is 4.28. The molecule has 0 bridgehead atoms. The minimum absolute atomic E-state index is 0.00532. The summed E-state index contributed by atoms with van der Waals surface area (Å²) in [6, 6.07) is 7.93. The maximum absolute atomic E-state index is 13.1. The number of hydrogen-bond acceptors (Lipinski definition) is 5. The lowest BCUT2D eigenvalue weighted by molar-refractivity contribution is -0.0731. The van der Waals surface area contributed by atoms with Gasteiger partial charge in [0.1, 0.15) is 18.1 Å². The Morgan fingerprint density at radius 1 is 1.07 bits per heavy atom. The molecule has 2 unspecified atom stereocenters. The highest BCUT2D eigenvalue weighted by atomic mass is 16.5. The Hall–Kier alpha value is -1.99. The summed E-state index contributed by atoms with van der Waals surface area (Å²) >= 11 is 0.